The second-order valence-corrected chi connectivity index (χ2v) is 6.65. The van der Waals surface area contributed by atoms with Gasteiger partial charge in [0.15, 0.2) is 23.1 Å². The molecule has 7 heteroatoms. The summed E-state index contributed by atoms with van der Waals surface area (Å²) in [7, 11) is 1.62. The van der Waals surface area contributed by atoms with E-state index in [4.69, 9.17) is 9.47 Å². The third kappa shape index (κ3) is 2.54. The summed E-state index contributed by atoms with van der Waals surface area (Å²) in [6.07, 6.45) is 1.96. The van der Waals surface area contributed by atoms with Crippen molar-refractivity contribution in [1.29, 1.82) is 0 Å². The summed E-state index contributed by atoms with van der Waals surface area (Å²) in [4.78, 5) is 14.6. The standard InChI is InChI=1S/C18H22N4O3/c1-11-6-7-14(15(9-11)24-3)25-10-16-19-20-17-13-5-4-8-21(13)18(23)12(2)22(16)17/h6-7,9,12-13H,4-5,8,10H2,1-3H3/t12-,13+/m0/s1. The molecule has 25 heavy (non-hydrogen) atoms. The van der Waals surface area contributed by atoms with Crippen LogP contribution in [0.3, 0.4) is 0 Å². The Balaban J connectivity index is 1.60. The summed E-state index contributed by atoms with van der Waals surface area (Å²) in [6.45, 7) is 4.96. The molecule has 2 aromatic rings. The van der Waals surface area contributed by atoms with Gasteiger partial charge < -0.3 is 14.4 Å². The lowest BCUT2D eigenvalue weighted by atomic mass is 10.1. The molecule has 7 nitrogen and oxygen atoms in total. The van der Waals surface area contributed by atoms with E-state index in [1.807, 2.05) is 41.5 Å². The lowest BCUT2D eigenvalue weighted by Crippen LogP contribution is -2.42. The predicted molar refractivity (Wildman–Crippen MR) is 90.5 cm³/mol. The van der Waals surface area contributed by atoms with Gasteiger partial charge in [0.2, 0.25) is 5.91 Å². The first-order chi connectivity index (χ1) is 12.1. The Morgan fingerprint density at radius 2 is 2.12 bits per heavy atom. The number of methoxy groups -OCH3 is 1. The van der Waals surface area contributed by atoms with Crippen LogP contribution in [-0.4, -0.2) is 39.2 Å². The molecule has 1 aromatic heterocycles. The van der Waals surface area contributed by atoms with E-state index in [9.17, 15) is 4.79 Å². The fourth-order valence-electron chi connectivity index (χ4n) is 3.77. The van der Waals surface area contributed by atoms with Crippen LogP contribution in [0.15, 0.2) is 18.2 Å². The maximum Gasteiger partial charge on any atom is 0.246 e. The number of hydrogen-bond acceptors (Lipinski definition) is 5. The van der Waals surface area contributed by atoms with Gasteiger partial charge in [0.25, 0.3) is 0 Å². The van der Waals surface area contributed by atoms with Gasteiger partial charge in [0.05, 0.1) is 13.2 Å². The zero-order chi connectivity index (χ0) is 17.6. The predicted octanol–water partition coefficient (Wildman–Crippen LogP) is 2.41. The highest BCUT2D eigenvalue weighted by Crippen LogP contribution is 2.38. The number of fused-ring (bicyclic) bond motifs is 3. The second kappa shape index (κ2) is 6.06. The summed E-state index contributed by atoms with van der Waals surface area (Å²) in [5.41, 5.74) is 1.10. The lowest BCUT2D eigenvalue weighted by Gasteiger charge is -2.34. The summed E-state index contributed by atoms with van der Waals surface area (Å²) in [5.74, 6) is 3.03. The molecule has 0 aliphatic carbocycles. The number of benzene rings is 1. The van der Waals surface area contributed by atoms with Crippen molar-refractivity contribution in [1.82, 2.24) is 19.7 Å². The average Bonchev–Trinajstić information content (AvgIpc) is 3.25. The number of aryl methyl sites for hydroxylation is 1. The molecule has 2 aliphatic rings. The Morgan fingerprint density at radius 1 is 1.28 bits per heavy atom. The van der Waals surface area contributed by atoms with Gasteiger partial charge in [0.1, 0.15) is 12.6 Å². The first-order valence-electron chi connectivity index (χ1n) is 8.61. The number of rotatable bonds is 4. The number of amides is 1. The molecule has 0 spiro atoms. The molecule has 1 aromatic carbocycles. The van der Waals surface area contributed by atoms with Crippen molar-refractivity contribution in [2.45, 2.75) is 45.4 Å². The van der Waals surface area contributed by atoms with Crippen molar-refractivity contribution in [3.63, 3.8) is 0 Å². The quantitative estimate of drug-likeness (QED) is 0.853. The molecule has 4 rings (SSSR count). The van der Waals surface area contributed by atoms with Crippen molar-refractivity contribution < 1.29 is 14.3 Å². The van der Waals surface area contributed by atoms with E-state index in [0.29, 0.717) is 17.3 Å². The van der Waals surface area contributed by atoms with E-state index in [2.05, 4.69) is 10.2 Å². The van der Waals surface area contributed by atoms with Crippen LogP contribution < -0.4 is 9.47 Å². The van der Waals surface area contributed by atoms with E-state index in [-0.39, 0.29) is 24.6 Å². The summed E-state index contributed by atoms with van der Waals surface area (Å²) < 4.78 is 13.2. The number of carbonyl (C=O) groups is 1. The van der Waals surface area contributed by atoms with Crippen LogP contribution >= 0.6 is 0 Å². The smallest absolute Gasteiger partial charge is 0.246 e. The normalized spacial score (nSPS) is 21.9. The van der Waals surface area contributed by atoms with Gasteiger partial charge in [-0.3, -0.25) is 9.36 Å². The molecule has 2 atom stereocenters. The average molecular weight is 342 g/mol. The maximum absolute atomic E-state index is 12.6. The van der Waals surface area contributed by atoms with Crippen LogP contribution in [0.4, 0.5) is 0 Å². The lowest BCUT2D eigenvalue weighted by molar-refractivity contribution is -0.137. The van der Waals surface area contributed by atoms with Crippen molar-refractivity contribution in [3.05, 3.63) is 35.4 Å². The summed E-state index contributed by atoms with van der Waals surface area (Å²) in [5, 5.41) is 8.66. The molecule has 132 valence electrons. The first-order valence-corrected chi connectivity index (χ1v) is 8.61. The third-order valence-corrected chi connectivity index (χ3v) is 5.05. The molecule has 0 radical (unpaired) electrons. The largest absolute Gasteiger partial charge is 0.493 e. The van der Waals surface area contributed by atoms with Crippen molar-refractivity contribution in [3.8, 4) is 11.5 Å². The Kier molecular flexibility index (Phi) is 3.86. The summed E-state index contributed by atoms with van der Waals surface area (Å²) >= 11 is 0. The van der Waals surface area contributed by atoms with Gasteiger partial charge >= 0.3 is 0 Å². The SMILES string of the molecule is COc1cc(C)ccc1OCc1nnc2n1[C@@H](C)C(=O)N1CCC[C@H]21. The van der Waals surface area contributed by atoms with Crippen LogP contribution in [0.5, 0.6) is 11.5 Å². The Hall–Kier alpha value is -2.57. The Labute approximate surface area is 146 Å². The minimum absolute atomic E-state index is 0.0545. The molecule has 0 unspecified atom stereocenters. The number of nitrogens with zero attached hydrogens (tertiary/aromatic N) is 4. The van der Waals surface area contributed by atoms with Gasteiger partial charge in [-0.25, -0.2) is 0 Å². The van der Waals surface area contributed by atoms with Crippen molar-refractivity contribution >= 4 is 5.91 Å². The Bertz CT molecular complexity index is 817. The van der Waals surface area contributed by atoms with E-state index in [0.717, 1.165) is 30.8 Å². The number of aromatic nitrogens is 3. The van der Waals surface area contributed by atoms with Gasteiger partial charge in [-0.05, 0) is 44.4 Å². The number of hydrogen-bond donors (Lipinski definition) is 0. The van der Waals surface area contributed by atoms with Crippen LogP contribution in [0.2, 0.25) is 0 Å². The fraction of sp³-hybridized carbons (Fsp3) is 0.500. The van der Waals surface area contributed by atoms with Crippen LogP contribution in [0.25, 0.3) is 0 Å². The maximum atomic E-state index is 12.6. The van der Waals surface area contributed by atoms with E-state index in [1.165, 1.54) is 0 Å². The van der Waals surface area contributed by atoms with Gasteiger partial charge in [-0.1, -0.05) is 6.07 Å². The molecule has 0 saturated carbocycles. The van der Waals surface area contributed by atoms with E-state index in [1.54, 1.807) is 7.11 Å². The molecule has 0 bridgehead atoms. The zero-order valence-corrected chi connectivity index (χ0v) is 14.7. The monoisotopic (exact) mass is 342 g/mol. The topological polar surface area (TPSA) is 69.5 Å². The minimum atomic E-state index is -0.294. The molecule has 2 aliphatic heterocycles. The zero-order valence-electron chi connectivity index (χ0n) is 14.7. The summed E-state index contributed by atoms with van der Waals surface area (Å²) in [6, 6.07) is 5.54. The molecule has 3 heterocycles. The van der Waals surface area contributed by atoms with E-state index >= 15 is 0 Å². The minimum Gasteiger partial charge on any atom is -0.493 e. The van der Waals surface area contributed by atoms with Crippen LogP contribution in [-0.2, 0) is 11.4 Å². The molecular formula is C18H22N4O3. The Morgan fingerprint density at radius 3 is 2.92 bits per heavy atom. The second-order valence-electron chi connectivity index (χ2n) is 6.65. The molecule has 1 amide bonds. The number of carbonyl (C=O) groups excluding carboxylic acids is 1. The highest BCUT2D eigenvalue weighted by atomic mass is 16.5. The van der Waals surface area contributed by atoms with Crippen LogP contribution in [0.1, 0.15) is 49.1 Å². The molecule has 1 fully saturated rings. The highest BCUT2D eigenvalue weighted by Gasteiger charge is 2.42. The third-order valence-electron chi connectivity index (χ3n) is 5.05. The molecule has 1 saturated heterocycles. The molecular weight excluding hydrogens is 320 g/mol. The van der Waals surface area contributed by atoms with Gasteiger partial charge in [0, 0.05) is 6.54 Å². The first kappa shape index (κ1) is 15.9. The van der Waals surface area contributed by atoms with Crippen molar-refractivity contribution in [2.75, 3.05) is 13.7 Å². The van der Waals surface area contributed by atoms with Gasteiger partial charge in [-0.15, -0.1) is 10.2 Å². The highest BCUT2D eigenvalue weighted by molar-refractivity contribution is 5.82. The molecule has 0 N–H and O–H groups in total. The van der Waals surface area contributed by atoms with Gasteiger partial charge in [-0.2, -0.15) is 0 Å². The van der Waals surface area contributed by atoms with E-state index < -0.39 is 0 Å². The van der Waals surface area contributed by atoms with Crippen molar-refractivity contribution in [2.24, 2.45) is 0 Å². The fourth-order valence-corrected chi connectivity index (χ4v) is 3.77. The van der Waals surface area contributed by atoms with Crippen LogP contribution in [0, 0.1) is 6.92 Å². The number of ether oxygens (including phenoxy) is 2.